The third kappa shape index (κ3) is 5.26. The Kier molecular flexibility index (Phi) is 6.00. The van der Waals surface area contributed by atoms with Gasteiger partial charge in [0, 0.05) is 31.3 Å². The Balaban J connectivity index is 1.59. The average Bonchev–Trinajstić information content (AvgIpc) is 2.71. The second-order valence-electron chi connectivity index (χ2n) is 8.22. The molecular formula is C21H22F3N5O4. The van der Waals surface area contributed by atoms with Crippen molar-refractivity contribution in [2.45, 2.75) is 38.5 Å². The number of ether oxygens (including phenoxy) is 1. The second kappa shape index (κ2) is 8.75. The summed E-state index contributed by atoms with van der Waals surface area (Å²) in [6.07, 6.45) is -3.18. The number of amides is 2. The van der Waals surface area contributed by atoms with Crippen LogP contribution in [0.1, 0.15) is 37.7 Å². The van der Waals surface area contributed by atoms with Crippen molar-refractivity contribution in [3.05, 3.63) is 40.2 Å². The average molecular weight is 465 g/mol. The van der Waals surface area contributed by atoms with E-state index in [1.807, 2.05) is 4.90 Å². The molecular weight excluding hydrogens is 443 g/mol. The van der Waals surface area contributed by atoms with Gasteiger partial charge in [0.1, 0.15) is 11.6 Å². The van der Waals surface area contributed by atoms with Crippen LogP contribution < -0.4 is 25.8 Å². The Bertz CT molecular complexity index is 1130. The van der Waals surface area contributed by atoms with E-state index in [0.29, 0.717) is 25.0 Å². The molecule has 2 aliphatic rings. The number of aromatic nitrogens is 2. The third-order valence-electron chi connectivity index (χ3n) is 5.55. The highest BCUT2D eigenvalue weighted by molar-refractivity contribution is 6.04. The van der Waals surface area contributed by atoms with E-state index >= 15 is 0 Å². The number of aromatic amines is 1. The minimum absolute atomic E-state index is 0.00334. The minimum atomic E-state index is -4.88. The number of alkyl halides is 3. The molecule has 0 aliphatic carbocycles. The monoisotopic (exact) mass is 465 g/mol. The predicted octanol–water partition coefficient (Wildman–Crippen LogP) is 2.97. The smallest absolute Gasteiger partial charge is 0.406 e. The van der Waals surface area contributed by atoms with E-state index in [0.717, 1.165) is 25.0 Å². The lowest BCUT2D eigenvalue weighted by Crippen LogP contribution is -2.40. The fourth-order valence-electron chi connectivity index (χ4n) is 4.12. The number of anilines is 3. The Labute approximate surface area is 186 Å². The molecule has 176 valence electrons. The van der Waals surface area contributed by atoms with Crippen molar-refractivity contribution in [1.29, 1.82) is 0 Å². The number of hydrogen-bond acceptors (Lipinski definition) is 6. The molecule has 3 heterocycles. The van der Waals surface area contributed by atoms with Gasteiger partial charge < -0.3 is 20.3 Å². The van der Waals surface area contributed by atoms with Crippen LogP contribution in [0.2, 0.25) is 0 Å². The van der Waals surface area contributed by atoms with Crippen LogP contribution in [0.3, 0.4) is 0 Å². The Morgan fingerprint density at radius 2 is 2.09 bits per heavy atom. The second-order valence-corrected chi connectivity index (χ2v) is 8.22. The molecule has 33 heavy (non-hydrogen) atoms. The zero-order valence-corrected chi connectivity index (χ0v) is 17.7. The van der Waals surface area contributed by atoms with Crippen molar-refractivity contribution < 1.29 is 27.5 Å². The normalized spacial score (nSPS) is 20.6. The van der Waals surface area contributed by atoms with Crippen LogP contribution >= 0.6 is 0 Å². The van der Waals surface area contributed by atoms with E-state index in [-0.39, 0.29) is 23.5 Å². The van der Waals surface area contributed by atoms with E-state index in [1.165, 1.54) is 12.1 Å². The van der Waals surface area contributed by atoms with Gasteiger partial charge in [0.2, 0.25) is 17.8 Å². The summed E-state index contributed by atoms with van der Waals surface area (Å²) in [6.45, 7) is 3.51. The maximum Gasteiger partial charge on any atom is 0.573 e. The minimum Gasteiger partial charge on any atom is -0.406 e. The van der Waals surface area contributed by atoms with E-state index in [1.54, 1.807) is 0 Å². The lowest BCUT2D eigenvalue weighted by atomic mass is 9.92. The van der Waals surface area contributed by atoms with Gasteiger partial charge in [-0.1, -0.05) is 13.0 Å². The van der Waals surface area contributed by atoms with Crippen molar-refractivity contribution in [1.82, 2.24) is 9.97 Å². The first-order valence-electron chi connectivity index (χ1n) is 10.4. The van der Waals surface area contributed by atoms with Crippen LogP contribution in [-0.4, -0.2) is 41.2 Å². The van der Waals surface area contributed by atoms with Crippen molar-refractivity contribution in [3.8, 4) is 5.75 Å². The van der Waals surface area contributed by atoms with Crippen LogP contribution in [0.5, 0.6) is 5.75 Å². The molecule has 2 amide bonds. The lowest BCUT2D eigenvalue weighted by molar-refractivity contribution is -0.274. The molecule has 3 N–H and O–H groups in total. The van der Waals surface area contributed by atoms with Gasteiger partial charge in [-0.3, -0.25) is 19.4 Å². The first-order chi connectivity index (χ1) is 15.6. The van der Waals surface area contributed by atoms with Gasteiger partial charge in [-0.05, 0) is 30.9 Å². The number of piperidine rings is 1. The molecule has 12 heteroatoms. The van der Waals surface area contributed by atoms with Gasteiger partial charge in [-0.2, -0.15) is 4.98 Å². The summed E-state index contributed by atoms with van der Waals surface area (Å²) in [5, 5.41) is 5.01. The zero-order valence-electron chi connectivity index (χ0n) is 17.7. The topological polar surface area (TPSA) is 116 Å². The molecule has 1 fully saturated rings. The van der Waals surface area contributed by atoms with Crippen LogP contribution in [0.4, 0.5) is 30.6 Å². The quantitative estimate of drug-likeness (QED) is 0.639. The maximum absolute atomic E-state index is 12.9. The van der Waals surface area contributed by atoms with E-state index in [2.05, 4.69) is 32.3 Å². The number of nitrogens with one attached hydrogen (secondary N) is 3. The number of carbonyl (C=O) groups excluding carboxylic acids is 2. The highest BCUT2D eigenvalue weighted by Gasteiger charge is 2.36. The number of hydrogen-bond donors (Lipinski definition) is 3. The molecule has 1 saturated heterocycles. The van der Waals surface area contributed by atoms with Gasteiger partial charge in [0.05, 0.1) is 11.5 Å². The van der Waals surface area contributed by atoms with Crippen molar-refractivity contribution in [2.75, 3.05) is 28.6 Å². The fourth-order valence-corrected chi connectivity index (χ4v) is 4.12. The summed E-state index contributed by atoms with van der Waals surface area (Å²) < 4.78 is 41.3. The van der Waals surface area contributed by atoms with Gasteiger partial charge in [0.15, 0.2) is 0 Å². The summed E-state index contributed by atoms with van der Waals surface area (Å²) in [5.41, 5.74) is -0.524. The number of nitrogens with zero attached hydrogens (tertiary/aromatic N) is 2. The third-order valence-corrected chi connectivity index (χ3v) is 5.55. The van der Waals surface area contributed by atoms with Crippen LogP contribution in [-0.2, 0) is 9.59 Å². The SMILES string of the molecule is CC1CCCN(c2nc3c(c(=O)[nH]2)C(C(=O)Nc2cccc(OC(F)(F)F)c2)CC(=O)N3)C1. The molecule has 0 spiro atoms. The largest absolute Gasteiger partial charge is 0.573 e. The number of carbonyl (C=O) groups is 2. The van der Waals surface area contributed by atoms with Gasteiger partial charge in [0.25, 0.3) is 5.56 Å². The molecule has 0 bridgehead atoms. The van der Waals surface area contributed by atoms with Gasteiger partial charge in [-0.25, -0.2) is 0 Å². The standard InChI is InChI=1S/C21H22F3N5O4/c1-11-4-3-7-29(10-11)20-27-17-16(19(32)28-20)14(9-15(30)26-17)18(31)25-12-5-2-6-13(8-12)33-21(22,23)24/h2,5-6,8,11,14H,3-4,7,9-10H2,1H3,(H,25,31)(H2,26,27,28,30,32). The van der Waals surface area contributed by atoms with Crippen molar-refractivity contribution in [3.63, 3.8) is 0 Å². The predicted molar refractivity (Wildman–Crippen MR) is 113 cm³/mol. The molecule has 0 radical (unpaired) electrons. The highest BCUT2D eigenvalue weighted by Crippen LogP contribution is 2.32. The number of halogens is 3. The van der Waals surface area contributed by atoms with Gasteiger partial charge >= 0.3 is 6.36 Å². The first-order valence-corrected chi connectivity index (χ1v) is 10.4. The summed E-state index contributed by atoms with van der Waals surface area (Å²) >= 11 is 0. The molecule has 2 unspecified atom stereocenters. The fraction of sp³-hybridized carbons (Fsp3) is 0.429. The van der Waals surface area contributed by atoms with Crippen molar-refractivity contribution >= 4 is 29.3 Å². The lowest BCUT2D eigenvalue weighted by Gasteiger charge is -2.32. The van der Waals surface area contributed by atoms with Gasteiger partial charge in [-0.15, -0.1) is 13.2 Å². The molecule has 2 aromatic rings. The Hall–Kier alpha value is -3.57. The molecule has 4 rings (SSSR count). The van der Waals surface area contributed by atoms with E-state index in [4.69, 9.17) is 0 Å². The van der Waals surface area contributed by atoms with Crippen LogP contribution in [0.15, 0.2) is 29.1 Å². The highest BCUT2D eigenvalue weighted by atomic mass is 19.4. The molecule has 1 aromatic heterocycles. The zero-order chi connectivity index (χ0) is 23.8. The number of fused-ring (bicyclic) bond motifs is 1. The summed E-state index contributed by atoms with van der Waals surface area (Å²) in [6, 6.07) is 4.73. The van der Waals surface area contributed by atoms with Crippen molar-refractivity contribution in [2.24, 2.45) is 5.92 Å². The number of benzene rings is 1. The maximum atomic E-state index is 12.9. The molecule has 9 nitrogen and oxygen atoms in total. The van der Waals surface area contributed by atoms with Crippen LogP contribution in [0, 0.1) is 5.92 Å². The van der Waals surface area contributed by atoms with E-state index in [9.17, 15) is 27.6 Å². The molecule has 0 saturated carbocycles. The number of rotatable bonds is 4. The molecule has 1 aromatic carbocycles. The molecule has 2 aliphatic heterocycles. The Morgan fingerprint density at radius 3 is 2.82 bits per heavy atom. The molecule has 2 atom stereocenters. The summed E-state index contributed by atoms with van der Waals surface area (Å²) in [4.78, 5) is 47.1. The summed E-state index contributed by atoms with van der Waals surface area (Å²) in [7, 11) is 0. The Morgan fingerprint density at radius 1 is 1.30 bits per heavy atom. The first kappa shape index (κ1) is 22.6. The van der Waals surface area contributed by atoms with Crippen LogP contribution in [0.25, 0.3) is 0 Å². The summed E-state index contributed by atoms with van der Waals surface area (Å²) in [5.74, 6) is -2.13. The van der Waals surface area contributed by atoms with E-state index < -0.39 is 35.4 Å². The number of H-pyrrole nitrogens is 1.